The highest BCUT2D eigenvalue weighted by Gasteiger charge is 2.46. The third-order valence-electron chi connectivity index (χ3n) is 12.8. The van der Waals surface area contributed by atoms with Gasteiger partial charge in [-0.25, -0.2) is 9.98 Å². The van der Waals surface area contributed by atoms with Crippen LogP contribution in [0.15, 0.2) is 234 Å². The lowest BCUT2D eigenvalue weighted by molar-refractivity contribution is 0.676. The molecule has 0 saturated carbocycles. The first-order valence-electron chi connectivity index (χ1n) is 21.0. The van der Waals surface area contributed by atoms with E-state index in [9.17, 15) is 0 Å². The molecule has 3 heteroatoms. The Kier molecular flexibility index (Phi) is 8.14. The van der Waals surface area contributed by atoms with E-state index in [1.165, 1.54) is 65.7 Å². The summed E-state index contributed by atoms with van der Waals surface area (Å²) in [6.45, 7) is 0. The van der Waals surface area contributed by atoms with E-state index in [1.54, 1.807) is 0 Å². The van der Waals surface area contributed by atoms with Crippen molar-refractivity contribution in [3.05, 3.63) is 263 Å². The van der Waals surface area contributed by atoms with Gasteiger partial charge in [0.1, 0.15) is 12.0 Å². The minimum Gasteiger partial charge on any atom is -0.344 e. The van der Waals surface area contributed by atoms with Gasteiger partial charge >= 0.3 is 0 Å². The fraction of sp³-hybridized carbons (Fsp3) is 0.0345. The third kappa shape index (κ3) is 5.44. The topological polar surface area (TPSA) is 36.8 Å². The summed E-state index contributed by atoms with van der Waals surface area (Å²) in [6, 6.07) is 81.4. The molecule has 0 bridgehead atoms. The summed E-state index contributed by atoms with van der Waals surface area (Å²) in [5, 5.41) is 11.2. The SMILES string of the molecule is c1ccc(C2=NC(c3ccc4c5ccccc5c5ccccc5c4c3-c3ccc4c(c3)C(c3ccccc3)(c3ccccc3)c3ccccc3-4)NC(c3ccccc3)=N2)cc1. The van der Waals surface area contributed by atoms with Crippen molar-refractivity contribution in [1.82, 2.24) is 5.32 Å². The molecule has 1 aliphatic carbocycles. The average Bonchev–Trinajstić information content (AvgIpc) is 3.65. The van der Waals surface area contributed by atoms with Gasteiger partial charge in [0.15, 0.2) is 5.84 Å². The molecule has 0 amide bonds. The quantitative estimate of drug-likeness (QED) is 0.168. The Morgan fingerprint density at radius 2 is 0.902 bits per heavy atom. The number of benzene rings is 10. The summed E-state index contributed by atoms with van der Waals surface area (Å²) in [7, 11) is 0. The number of amidine groups is 2. The second-order valence-corrected chi connectivity index (χ2v) is 16.0. The first-order valence-corrected chi connectivity index (χ1v) is 21.0. The van der Waals surface area contributed by atoms with Crippen molar-refractivity contribution in [2.75, 3.05) is 0 Å². The third-order valence-corrected chi connectivity index (χ3v) is 12.8. The van der Waals surface area contributed by atoms with Crippen LogP contribution in [0.25, 0.3) is 54.6 Å². The first kappa shape index (κ1) is 35.1. The molecule has 0 aromatic heterocycles. The van der Waals surface area contributed by atoms with Crippen LogP contribution in [0, 0.1) is 0 Å². The van der Waals surface area contributed by atoms with Crippen molar-refractivity contribution in [1.29, 1.82) is 0 Å². The molecule has 0 fully saturated rings. The molecule has 61 heavy (non-hydrogen) atoms. The van der Waals surface area contributed by atoms with Crippen LogP contribution in [-0.2, 0) is 5.41 Å². The Bertz CT molecular complexity index is 3300. The van der Waals surface area contributed by atoms with E-state index in [2.05, 4.69) is 218 Å². The molecule has 0 radical (unpaired) electrons. The van der Waals surface area contributed by atoms with Gasteiger partial charge in [-0.3, -0.25) is 0 Å². The minimum atomic E-state index is -0.543. The Hall–Kier alpha value is -7.88. The fourth-order valence-corrected chi connectivity index (χ4v) is 10.2. The van der Waals surface area contributed by atoms with E-state index in [1.807, 2.05) is 12.1 Å². The molecule has 1 atom stereocenters. The molecular weight excluding hydrogens is 739 g/mol. The number of nitrogens with one attached hydrogen (secondary N) is 1. The van der Waals surface area contributed by atoms with Crippen molar-refractivity contribution in [3.63, 3.8) is 0 Å². The zero-order chi connectivity index (χ0) is 40.3. The van der Waals surface area contributed by atoms with Crippen LogP contribution < -0.4 is 5.32 Å². The van der Waals surface area contributed by atoms with Crippen molar-refractivity contribution in [2.45, 2.75) is 11.6 Å². The summed E-state index contributed by atoms with van der Waals surface area (Å²) in [6.07, 6.45) is -0.439. The molecule has 1 unspecified atom stereocenters. The summed E-state index contributed by atoms with van der Waals surface area (Å²) >= 11 is 0. The zero-order valence-electron chi connectivity index (χ0n) is 33.3. The van der Waals surface area contributed by atoms with Crippen LogP contribution in [0.4, 0.5) is 0 Å². The summed E-state index contributed by atoms with van der Waals surface area (Å²) in [4.78, 5) is 10.6. The van der Waals surface area contributed by atoms with Gasteiger partial charge in [-0.05, 0) is 82.9 Å². The van der Waals surface area contributed by atoms with Crippen molar-refractivity contribution >= 4 is 44.0 Å². The van der Waals surface area contributed by atoms with E-state index in [4.69, 9.17) is 9.98 Å². The van der Waals surface area contributed by atoms with Crippen LogP contribution >= 0.6 is 0 Å². The average molecular weight is 778 g/mol. The van der Waals surface area contributed by atoms with Crippen molar-refractivity contribution < 1.29 is 0 Å². The maximum absolute atomic E-state index is 5.48. The second kappa shape index (κ2) is 14.1. The smallest absolute Gasteiger partial charge is 0.159 e. The number of aliphatic imine (C=N–C) groups is 2. The van der Waals surface area contributed by atoms with E-state index < -0.39 is 11.6 Å². The number of fused-ring (bicyclic) bond motifs is 9. The predicted octanol–water partition coefficient (Wildman–Crippen LogP) is 13.7. The number of hydrogen-bond acceptors (Lipinski definition) is 3. The van der Waals surface area contributed by atoms with Crippen LogP contribution in [0.5, 0.6) is 0 Å². The van der Waals surface area contributed by atoms with Crippen molar-refractivity contribution in [3.8, 4) is 22.3 Å². The molecule has 10 aromatic carbocycles. The monoisotopic (exact) mass is 777 g/mol. The maximum Gasteiger partial charge on any atom is 0.159 e. The summed E-state index contributed by atoms with van der Waals surface area (Å²) < 4.78 is 0. The molecule has 1 aliphatic heterocycles. The van der Waals surface area contributed by atoms with Gasteiger partial charge in [-0.1, -0.05) is 218 Å². The van der Waals surface area contributed by atoms with Gasteiger partial charge in [0.25, 0.3) is 0 Å². The molecule has 10 aromatic rings. The van der Waals surface area contributed by atoms with Gasteiger partial charge in [-0.15, -0.1) is 0 Å². The molecule has 12 rings (SSSR count). The van der Waals surface area contributed by atoms with Crippen molar-refractivity contribution in [2.24, 2.45) is 9.98 Å². The minimum absolute atomic E-state index is 0.439. The Labute approximate surface area is 355 Å². The van der Waals surface area contributed by atoms with Gasteiger partial charge in [0.05, 0.1) is 5.41 Å². The Morgan fingerprint density at radius 3 is 1.56 bits per heavy atom. The van der Waals surface area contributed by atoms with Crippen LogP contribution in [0.3, 0.4) is 0 Å². The van der Waals surface area contributed by atoms with Crippen LogP contribution in [0.2, 0.25) is 0 Å². The molecule has 0 saturated heterocycles. The highest BCUT2D eigenvalue weighted by Crippen LogP contribution is 2.57. The van der Waals surface area contributed by atoms with E-state index in [0.29, 0.717) is 5.84 Å². The zero-order valence-corrected chi connectivity index (χ0v) is 33.3. The standard InChI is InChI=1S/C58H39N3/c1-5-19-38(20-6-1)55-59-56(39-21-7-2-8-22-39)61-57(60-55)50-36-35-49-45-29-14-13-27-43(45)44-28-15-16-31-48(44)54(49)53(50)40-33-34-47-46-30-17-18-32-51(46)58(52(47)37-40,41-23-9-3-10-24-41)42-25-11-4-12-26-42/h1-37,57H,(H,59,60,61). The molecule has 0 spiro atoms. The summed E-state index contributed by atoms with van der Waals surface area (Å²) in [5.74, 6) is 1.50. The van der Waals surface area contributed by atoms with E-state index in [-0.39, 0.29) is 0 Å². The highest BCUT2D eigenvalue weighted by molar-refractivity contribution is 6.29. The lowest BCUT2D eigenvalue weighted by atomic mass is 9.67. The fourth-order valence-electron chi connectivity index (χ4n) is 10.2. The van der Waals surface area contributed by atoms with Gasteiger partial charge < -0.3 is 5.32 Å². The highest BCUT2D eigenvalue weighted by atomic mass is 15.2. The Balaban J connectivity index is 1.19. The number of nitrogens with zero attached hydrogens (tertiary/aromatic N) is 2. The molecule has 2 aliphatic rings. The number of rotatable bonds is 6. The molecule has 1 N–H and O–H groups in total. The summed E-state index contributed by atoms with van der Waals surface area (Å²) in [5.41, 5.74) is 12.4. The molecular formula is C58H39N3. The van der Waals surface area contributed by atoms with Gasteiger partial charge in [0.2, 0.25) is 0 Å². The largest absolute Gasteiger partial charge is 0.344 e. The predicted molar refractivity (Wildman–Crippen MR) is 254 cm³/mol. The van der Waals surface area contributed by atoms with Crippen LogP contribution in [0.1, 0.15) is 45.1 Å². The van der Waals surface area contributed by atoms with E-state index in [0.717, 1.165) is 33.7 Å². The van der Waals surface area contributed by atoms with Gasteiger partial charge in [0, 0.05) is 16.7 Å². The molecule has 286 valence electrons. The molecule has 1 heterocycles. The van der Waals surface area contributed by atoms with Gasteiger partial charge in [-0.2, -0.15) is 0 Å². The second-order valence-electron chi connectivity index (χ2n) is 16.0. The Morgan fingerprint density at radius 1 is 0.393 bits per heavy atom. The first-order chi connectivity index (χ1) is 30.3. The maximum atomic E-state index is 5.48. The van der Waals surface area contributed by atoms with Crippen LogP contribution in [-0.4, -0.2) is 11.7 Å². The lowest BCUT2D eigenvalue weighted by Crippen LogP contribution is -2.33. The normalized spacial score (nSPS) is 15.2. The number of hydrogen-bond donors (Lipinski definition) is 1. The lowest BCUT2D eigenvalue weighted by Gasteiger charge is -2.34. The van der Waals surface area contributed by atoms with E-state index >= 15 is 0 Å². The molecule has 3 nitrogen and oxygen atoms in total.